The van der Waals surface area contributed by atoms with Gasteiger partial charge in [-0.25, -0.2) is 14.8 Å². The lowest BCUT2D eigenvalue weighted by Crippen LogP contribution is -2.32. The van der Waals surface area contributed by atoms with Crippen molar-refractivity contribution in [3.63, 3.8) is 0 Å². The van der Waals surface area contributed by atoms with Crippen molar-refractivity contribution >= 4 is 28.5 Å². The molecule has 0 radical (unpaired) electrons. The third kappa shape index (κ3) is 4.39. The standard InChI is InChI=1S/C30H34N4O4/c1-17-8-10-20(11-9-17)24-22-14-18(2)33-12-13-34(29-31-15-21(37-7)16-32-29)25(26(22)33)19(3)23(24)27(28(35)36)38-30(4,5)6/h8-11,14-16,27H,12-13H2,1-7H3,(H,35,36)/t27-/m0/s1. The van der Waals surface area contributed by atoms with Crippen LogP contribution in [0.1, 0.15) is 49.3 Å². The van der Waals surface area contributed by atoms with E-state index in [0.717, 1.165) is 51.1 Å². The van der Waals surface area contributed by atoms with Gasteiger partial charge >= 0.3 is 5.97 Å². The first-order valence-corrected chi connectivity index (χ1v) is 12.8. The number of carbonyl (C=O) groups is 1. The van der Waals surface area contributed by atoms with Crippen LogP contribution in [0.5, 0.6) is 5.75 Å². The molecule has 0 amide bonds. The Kier molecular flexibility index (Phi) is 6.39. The first-order valence-electron chi connectivity index (χ1n) is 12.8. The maximum absolute atomic E-state index is 12.8. The topological polar surface area (TPSA) is 89.7 Å². The summed E-state index contributed by atoms with van der Waals surface area (Å²) in [6, 6.07) is 10.4. The van der Waals surface area contributed by atoms with E-state index in [1.807, 2.05) is 34.6 Å². The number of ether oxygens (including phenoxy) is 2. The van der Waals surface area contributed by atoms with Gasteiger partial charge in [0.05, 0.1) is 36.3 Å². The number of aryl methyl sites for hydroxylation is 2. The highest BCUT2D eigenvalue weighted by molar-refractivity contribution is 6.08. The SMILES string of the molecule is COc1cnc(N2CCn3c(C)cc4c(-c5ccc(C)cc5)c([C@H](OC(C)(C)C)C(=O)O)c(C)c2c43)nc1. The Hall–Kier alpha value is -3.91. The van der Waals surface area contributed by atoms with Gasteiger partial charge in [-0.3, -0.25) is 0 Å². The van der Waals surface area contributed by atoms with Gasteiger partial charge < -0.3 is 24.0 Å². The van der Waals surface area contributed by atoms with Crippen molar-refractivity contribution in [2.75, 3.05) is 18.6 Å². The summed E-state index contributed by atoms with van der Waals surface area (Å²) in [5, 5.41) is 11.5. The normalized spacial score (nSPS) is 14.1. The summed E-state index contributed by atoms with van der Waals surface area (Å²) in [5.74, 6) is 0.0897. The van der Waals surface area contributed by atoms with Crippen LogP contribution in [-0.4, -0.2) is 44.9 Å². The van der Waals surface area contributed by atoms with Crippen LogP contribution in [0, 0.1) is 20.8 Å². The van der Waals surface area contributed by atoms with Crippen molar-refractivity contribution in [1.29, 1.82) is 0 Å². The zero-order chi connectivity index (χ0) is 27.4. The summed E-state index contributed by atoms with van der Waals surface area (Å²) >= 11 is 0. The minimum absolute atomic E-state index is 0.540. The maximum atomic E-state index is 12.8. The number of nitrogens with zero attached hydrogens (tertiary/aromatic N) is 4. The zero-order valence-corrected chi connectivity index (χ0v) is 23.0. The predicted molar refractivity (Wildman–Crippen MR) is 148 cm³/mol. The van der Waals surface area contributed by atoms with Crippen molar-refractivity contribution in [1.82, 2.24) is 14.5 Å². The molecule has 0 aliphatic carbocycles. The Morgan fingerprint density at radius 2 is 1.71 bits per heavy atom. The van der Waals surface area contributed by atoms with Crippen LogP contribution >= 0.6 is 0 Å². The monoisotopic (exact) mass is 514 g/mol. The third-order valence-corrected chi connectivity index (χ3v) is 7.03. The van der Waals surface area contributed by atoms with Crippen molar-refractivity contribution in [3.05, 3.63) is 65.1 Å². The summed E-state index contributed by atoms with van der Waals surface area (Å²) in [6.07, 6.45) is 2.13. The summed E-state index contributed by atoms with van der Waals surface area (Å²) < 4.78 is 13.8. The van der Waals surface area contributed by atoms with E-state index in [4.69, 9.17) is 9.47 Å². The van der Waals surface area contributed by atoms with Crippen LogP contribution in [0.2, 0.25) is 0 Å². The average molecular weight is 515 g/mol. The summed E-state index contributed by atoms with van der Waals surface area (Å²) in [6.45, 7) is 13.2. The van der Waals surface area contributed by atoms with E-state index < -0.39 is 17.7 Å². The predicted octanol–water partition coefficient (Wildman–Crippen LogP) is 6.12. The average Bonchev–Trinajstić information content (AvgIpc) is 3.21. The quantitative estimate of drug-likeness (QED) is 0.331. The molecule has 198 valence electrons. The third-order valence-electron chi connectivity index (χ3n) is 7.03. The molecule has 0 saturated carbocycles. The number of carboxylic acids is 1. The largest absolute Gasteiger partial charge is 0.494 e. The minimum atomic E-state index is -1.17. The second kappa shape index (κ2) is 9.44. The first kappa shape index (κ1) is 25.7. The maximum Gasteiger partial charge on any atom is 0.337 e. The molecule has 5 rings (SSSR count). The molecule has 1 aliphatic heterocycles. The Morgan fingerprint density at radius 3 is 2.29 bits per heavy atom. The van der Waals surface area contributed by atoms with Crippen molar-refractivity contribution in [2.45, 2.75) is 59.8 Å². The molecular formula is C30H34N4O4. The fourth-order valence-electron chi connectivity index (χ4n) is 5.39. The molecule has 8 nitrogen and oxygen atoms in total. The van der Waals surface area contributed by atoms with Gasteiger partial charge in [0.15, 0.2) is 11.9 Å². The van der Waals surface area contributed by atoms with Gasteiger partial charge in [0.2, 0.25) is 5.95 Å². The number of methoxy groups -OCH3 is 1. The highest BCUT2D eigenvalue weighted by atomic mass is 16.5. The zero-order valence-electron chi connectivity index (χ0n) is 23.0. The molecule has 0 unspecified atom stereocenters. The van der Waals surface area contributed by atoms with Gasteiger partial charge in [-0.2, -0.15) is 0 Å². The van der Waals surface area contributed by atoms with E-state index in [1.54, 1.807) is 19.5 Å². The number of benzene rings is 2. The molecule has 0 saturated heterocycles. The molecule has 3 heterocycles. The molecular weight excluding hydrogens is 480 g/mol. The number of anilines is 2. The van der Waals surface area contributed by atoms with E-state index in [9.17, 15) is 9.90 Å². The molecule has 2 aromatic heterocycles. The Balaban J connectivity index is 1.88. The summed E-state index contributed by atoms with van der Waals surface area (Å²) in [5.41, 5.74) is 6.86. The van der Waals surface area contributed by atoms with Crippen LogP contribution < -0.4 is 9.64 Å². The number of rotatable bonds is 6. The van der Waals surface area contributed by atoms with Crippen LogP contribution in [0.3, 0.4) is 0 Å². The van der Waals surface area contributed by atoms with E-state index in [2.05, 4.69) is 56.7 Å². The van der Waals surface area contributed by atoms with Crippen LogP contribution in [0.4, 0.5) is 11.6 Å². The molecule has 0 bridgehead atoms. The van der Waals surface area contributed by atoms with E-state index in [-0.39, 0.29) is 0 Å². The molecule has 4 aromatic rings. The lowest BCUT2D eigenvalue weighted by Gasteiger charge is -2.34. The highest BCUT2D eigenvalue weighted by Crippen LogP contribution is 2.49. The second-order valence-corrected chi connectivity index (χ2v) is 10.9. The molecule has 0 spiro atoms. The number of carboxylic acid groups (broad SMARTS) is 1. The molecule has 2 aromatic carbocycles. The lowest BCUT2D eigenvalue weighted by atomic mass is 9.87. The number of aliphatic carboxylic acids is 1. The van der Waals surface area contributed by atoms with E-state index in [1.165, 1.54) is 0 Å². The molecule has 8 heteroatoms. The van der Waals surface area contributed by atoms with Gasteiger partial charge in [0, 0.05) is 29.7 Å². The lowest BCUT2D eigenvalue weighted by molar-refractivity contribution is -0.160. The molecule has 38 heavy (non-hydrogen) atoms. The van der Waals surface area contributed by atoms with Crippen molar-refractivity contribution in [2.24, 2.45) is 0 Å². The van der Waals surface area contributed by atoms with Crippen molar-refractivity contribution < 1.29 is 19.4 Å². The summed E-state index contributed by atoms with van der Waals surface area (Å²) in [7, 11) is 1.58. The van der Waals surface area contributed by atoms with Gasteiger partial charge in [0.1, 0.15) is 0 Å². The molecule has 1 N–H and O–H groups in total. The fraction of sp³-hybridized carbons (Fsp3) is 0.367. The number of aromatic nitrogens is 3. The summed E-state index contributed by atoms with van der Waals surface area (Å²) in [4.78, 5) is 24.1. The van der Waals surface area contributed by atoms with Crippen LogP contribution in [0.25, 0.3) is 22.0 Å². The van der Waals surface area contributed by atoms with Gasteiger partial charge in [-0.1, -0.05) is 29.8 Å². The van der Waals surface area contributed by atoms with E-state index >= 15 is 0 Å². The molecule has 1 atom stereocenters. The Morgan fingerprint density at radius 1 is 1.05 bits per heavy atom. The second-order valence-electron chi connectivity index (χ2n) is 10.9. The van der Waals surface area contributed by atoms with Gasteiger partial charge in [-0.05, 0) is 64.3 Å². The smallest absolute Gasteiger partial charge is 0.337 e. The minimum Gasteiger partial charge on any atom is -0.494 e. The van der Waals surface area contributed by atoms with Crippen LogP contribution in [0.15, 0.2) is 42.7 Å². The first-order chi connectivity index (χ1) is 18.0. The fourth-order valence-corrected chi connectivity index (χ4v) is 5.39. The van der Waals surface area contributed by atoms with E-state index in [0.29, 0.717) is 23.8 Å². The highest BCUT2D eigenvalue weighted by Gasteiger charge is 2.36. The van der Waals surface area contributed by atoms with Gasteiger partial charge in [-0.15, -0.1) is 0 Å². The van der Waals surface area contributed by atoms with Crippen LogP contribution in [-0.2, 0) is 16.1 Å². The number of hydrogen-bond acceptors (Lipinski definition) is 6. The number of hydrogen-bond donors (Lipinski definition) is 1. The van der Waals surface area contributed by atoms with Crippen molar-refractivity contribution in [3.8, 4) is 16.9 Å². The Bertz CT molecular complexity index is 1520. The van der Waals surface area contributed by atoms with Gasteiger partial charge in [0.25, 0.3) is 0 Å². The molecule has 1 aliphatic rings. The molecule has 0 fully saturated rings. The Labute approximate surface area is 222 Å².